The van der Waals surface area contributed by atoms with E-state index >= 15 is 0 Å². The first kappa shape index (κ1) is 14.8. The highest BCUT2D eigenvalue weighted by molar-refractivity contribution is 5.80. The maximum absolute atomic E-state index is 14.0. The molecule has 2 heterocycles. The normalized spacial score (nSPS) is 18.5. The van der Waals surface area contributed by atoms with E-state index in [0.29, 0.717) is 24.2 Å². The van der Waals surface area contributed by atoms with E-state index in [-0.39, 0.29) is 23.7 Å². The molecule has 1 atom stereocenters. The Morgan fingerprint density at radius 2 is 2.09 bits per heavy atom. The average molecular weight is 301 g/mol. The lowest BCUT2D eigenvalue weighted by Crippen LogP contribution is -2.31. The minimum Gasteiger partial charge on any atom is -0.345 e. The van der Waals surface area contributed by atoms with Gasteiger partial charge in [0, 0.05) is 36.2 Å². The third-order valence-electron chi connectivity index (χ3n) is 4.20. The van der Waals surface area contributed by atoms with Crippen LogP contribution in [0.5, 0.6) is 0 Å². The van der Waals surface area contributed by atoms with Crippen LogP contribution in [0.2, 0.25) is 0 Å². The fourth-order valence-electron chi connectivity index (χ4n) is 3.01. The number of imidazole rings is 1. The molecule has 0 unspecified atom stereocenters. The highest BCUT2D eigenvalue weighted by atomic mass is 19.1. The first-order valence-corrected chi connectivity index (χ1v) is 7.58. The Hall–Kier alpha value is -2.17. The van der Waals surface area contributed by atoms with Crippen LogP contribution < -0.4 is 0 Å². The van der Waals surface area contributed by atoms with Crippen molar-refractivity contribution in [1.29, 1.82) is 0 Å². The topological polar surface area (TPSA) is 49.0 Å². The van der Waals surface area contributed by atoms with Gasteiger partial charge >= 0.3 is 0 Å². The predicted molar refractivity (Wildman–Crippen MR) is 82.9 cm³/mol. The maximum atomic E-state index is 14.0. The molecule has 3 rings (SSSR count). The highest BCUT2D eigenvalue weighted by Crippen LogP contribution is 2.31. The van der Waals surface area contributed by atoms with Gasteiger partial charge in [0.15, 0.2) is 0 Å². The van der Waals surface area contributed by atoms with Gasteiger partial charge in [0.2, 0.25) is 5.91 Å². The molecule has 116 valence electrons. The zero-order valence-corrected chi connectivity index (χ0v) is 13.1. The number of aromatic amines is 1. The number of rotatable bonds is 3. The fraction of sp³-hybridized carbons (Fsp3) is 0.412. The zero-order chi connectivity index (χ0) is 15.9. The summed E-state index contributed by atoms with van der Waals surface area (Å²) in [5.41, 5.74) is 1.95. The van der Waals surface area contributed by atoms with Gasteiger partial charge in [-0.3, -0.25) is 4.79 Å². The SMILES string of the molecule is Cc1[nH]c([C@@H]2CC(=O)N(C(C)C)C2)nc1-c1ccccc1F. The van der Waals surface area contributed by atoms with Crippen molar-refractivity contribution in [2.24, 2.45) is 0 Å². The second-order valence-corrected chi connectivity index (χ2v) is 6.12. The van der Waals surface area contributed by atoms with E-state index in [4.69, 9.17) is 0 Å². The predicted octanol–water partition coefficient (Wildman–Crippen LogP) is 3.25. The van der Waals surface area contributed by atoms with Crippen LogP contribution in [0.25, 0.3) is 11.3 Å². The van der Waals surface area contributed by atoms with Gasteiger partial charge in [-0.15, -0.1) is 0 Å². The molecular weight excluding hydrogens is 281 g/mol. The van der Waals surface area contributed by atoms with E-state index < -0.39 is 0 Å². The molecule has 1 aromatic heterocycles. The molecule has 1 N–H and O–H groups in total. The van der Waals surface area contributed by atoms with E-state index in [2.05, 4.69) is 9.97 Å². The Morgan fingerprint density at radius 3 is 2.73 bits per heavy atom. The van der Waals surface area contributed by atoms with Crippen molar-refractivity contribution in [3.8, 4) is 11.3 Å². The van der Waals surface area contributed by atoms with Crippen LogP contribution in [0.4, 0.5) is 4.39 Å². The van der Waals surface area contributed by atoms with E-state index in [9.17, 15) is 9.18 Å². The lowest BCUT2D eigenvalue weighted by Gasteiger charge is -2.20. The number of nitrogens with zero attached hydrogens (tertiary/aromatic N) is 2. The molecule has 0 bridgehead atoms. The summed E-state index contributed by atoms with van der Waals surface area (Å²) in [5.74, 6) is 0.692. The van der Waals surface area contributed by atoms with Crippen molar-refractivity contribution in [3.05, 3.63) is 41.6 Å². The summed E-state index contributed by atoms with van der Waals surface area (Å²) in [4.78, 5) is 21.7. The Kier molecular flexibility index (Phi) is 3.72. The first-order chi connectivity index (χ1) is 10.5. The molecule has 1 aliphatic heterocycles. The number of H-pyrrole nitrogens is 1. The standard InChI is InChI=1S/C17H20FN3O/c1-10(2)21-9-12(8-15(21)22)17-19-11(3)16(20-17)13-6-4-5-7-14(13)18/h4-7,10,12H,8-9H2,1-3H3,(H,19,20)/t12-/m1/s1. The van der Waals surface area contributed by atoms with Gasteiger partial charge in [-0.05, 0) is 32.9 Å². The van der Waals surface area contributed by atoms with Crippen LogP contribution in [0.1, 0.15) is 37.7 Å². The van der Waals surface area contributed by atoms with Gasteiger partial charge in [-0.1, -0.05) is 12.1 Å². The van der Waals surface area contributed by atoms with Crippen LogP contribution >= 0.6 is 0 Å². The van der Waals surface area contributed by atoms with Gasteiger partial charge in [0.25, 0.3) is 0 Å². The summed E-state index contributed by atoms with van der Waals surface area (Å²) in [7, 11) is 0. The van der Waals surface area contributed by atoms with E-state index in [1.54, 1.807) is 18.2 Å². The van der Waals surface area contributed by atoms with E-state index in [1.165, 1.54) is 6.07 Å². The van der Waals surface area contributed by atoms with Crippen LogP contribution in [-0.4, -0.2) is 33.4 Å². The molecule has 22 heavy (non-hydrogen) atoms. The van der Waals surface area contributed by atoms with Crippen molar-refractivity contribution in [2.45, 2.75) is 39.2 Å². The Labute approximate surface area is 129 Å². The third-order valence-corrected chi connectivity index (χ3v) is 4.20. The monoisotopic (exact) mass is 301 g/mol. The molecule has 0 radical (unpaired) electrons. The number of carbonyl (C=O) groups excluding carboxylic acids is 1. The van der Waals surface area contributed by atoms with Crippen LogP contribution in [0.3, 0.4) is 0 Å². The van der Waals surface area contributed by atoms with E-state index in [0.717, 1.165) is 11.5 Å². The number of carbonyl (C=O) groups is 1. The van der Waals surface area contributed by atoms with Gasteiger partial charge in [-0.2, -0.15) is 0 Å². The second-order valence-electron chi connectivity index (χ2n) is 6.12. The molecule has 0 aliphatic carbocycles. The molecule has 2 aromatic rings. The van der Waals surface area contributed by atoms with E-state index in [1.807, 2.05) is 25.7 Å². The number of hydrogen-bond donors (Lipinski definition) is 1. The lowest BCUT2D eigenvalue weighted by atomic mass is 10.1. The fourth-order valence-corrected chi connectivity index (χ4v) is 3.01. The smallest absolute Gasteiger partial charge is 0.223 e. The second kappa shape index (κ2) is 5.55. The number of amides is 1. The van der Waals surface area contributed by atoms with Crippen molar-refractivity contribution in [3.63, 3.8) is 0 Å². The number of aryl methyl sites for hydroxylation is 1. The Morgan fingerprint density at radius 1 is 1.36 bits per heavy atom. The number of halogens is 1. The summed E-state index contributed by atoms with van der Waals surface area (Å²) in [6.07, 6.45) is 0.460. The summed E-state index contributed by atoms with van der Waals surface area (Å²) in [6, 6.07) is 6.81. The lowest BCUT2D eigenvalue weighted by molar-refractivity contribution is -0.129. The summed E-state index contributed by atoms with van der Waals surface area (Å²) < 4.78 is 14.0. The summed E-state index contributed by atoms with van der Waals surface area (Å²) >= 11 is 0. The van der Waals surface area contributed by atoms with Gasteiger partial charge in [0.05, 0.1) is 5.69 Å². The maximum Gasteiger partial charge on any atom is 0.223 e. The van der Waals surface area contributed by atoms with Crippen LogP contribution in [-0.2, 0) is 4.79 Å². The minimum absolute atomic E-state index is 0.0501. The Bertz CT molecular complexity index is 708. The molecule has 0 saturated carbocycles. The van der Waals surface area contributed by atoms with Gasteiger partial charge in [-0.25, -0.2) is 9.37 Å². The van der Waals surface area contributed by atoms with Crippen molar-refractivity contribution in [2.75, 3.05) is 6.54 Å². The third kappa shape index (κ3) is 2.51. The largest absolute Gasteiger partial charge is 0.345 e. The molecule has 1 aromatic carbocycles. The number of aromatic nitrogens is 2. The molecule has 1 saturated heterocycles. The van der Waals surface area contributed by atoms with Crippen molar-refractivity contribution < 1.29 is 9.18 Å². The highest BCUT2D eigenvalue weighted by Gasteiger charge is 2.34. The molecule has 1 fully saturated rings. The van der Waals surface area contributed by atoms with Gasteiger partial charge < -0.3 is 9.88 Å². The quantitative estimate of drug-likeness (QED) is 0.946. The molecule has 4 nitrogen and oxygen atoms in total. The molecule has 1 amide bonds. The zero-order valence-electron chi connectivity index (χ0n) is 13.1. The summed E-state index contributed by atoms with van der Waals surface area (Å²) in [5, 5.41) is 0. The molecule has 0 spiro atoms. The van der Waals surface area contributed by atoms with Crippen molar-refractivity contribution in [1.82, 2.24) is 14.9 Å². The Balaban J connectivity index is 1.91. The van der Waals surface area contributed by atoms with Crippen molar-refractivity contribution >= 4 is 5.91 Å². The molecule has 1 aliphatic rings. The van der Waals surface area contributed by atoms with Gasteiger partial charge in [0.1, 0.15) is 11.6 Å². The minimum atomic E-state index is -0.282. The molecular formula is C17H20FN3O. The number of hydrogen-bond acceptors (Lipinski definition) is 2. The summed E-state index contributed by atoms with van der Waals surface area (Å²) in [6.45, 7) is 6.58. The average Bonchev–Trinajstić information content (AvgIpc) is 3.03. The molecule has 5 heteroatoms. The number of benzene rings is 1. The van der Waals surface area contributed by atoms with Crippen LogP contribution in [0, 0.1) is 12.7 Å². The number of likely N-dealkylation sites (tertiary alicyclic amines) is 1. The first-order valence-electron chi connectivity index (χ1n) is 7.58. The van der Waals surface area contributed by atoms with Crippen LogP contribution in [0.15, 0.2) is 24.3 Å². The number of nitrogens with one attached hydrogen (secondary N) is 1.